The molecule has 7 nitrogen and oxygen atoms in total. The fraction of sp³-hybridized carbons (Fsp3) is 0.280. The number of rotatable bonds is 7. The number of aromatic nitrogens is 2. The third kappa shape index (κ3) is 4.56. The molecule has 0 radical (unpaired) electrons. The summed E-state index contributed by atoms with van der Waals surface area (Å²) < 4.78 is 13.0. The van der Waals surface area contributed by atoms with Crippen molar-refractivity contribution in [2.24, 2.45) is 4.99 Å². The van der Waals surface area contributed by atoms with Crippen molar-refractivity contribution < 1.29 is 14.3 Å². The number of nitrogens with zero attached hydrogens (tertiary/aromatic N) is 3. The first-order valence-corrected chi connectivity index (χ1v) is 12.1. The van der Waals surface area contributed by atoms with Gasteiger partial charge in [0.15, 0.2) is 4.80 Å². The van der Waals surface area contributed by atoms with Crippen LogP contribution < -0.4 is 19.6 Å². The van der Waals surface area contributed by atoms with E-state index in [1.807, 2.05) is 13.0 Å². The molecule has 3 heterocycles. The highest BCUT2D eigenvalue weighted by molar-refractivity contribution is 7.07. The van der Waals surface area contributed by atoms with E-state index in [0.717, 1.165) is 12.0 Å². The highest BCUT2D eigenvalue weighted by Gasteiger charge is 2.36. The molecule has 4 rings (SSSR count). The minimum absolute atomic E-state index is 0.201. The average molecular weight is 498 g/mol. The van der Waals surface area contributed by atoms with Crippen molar-refractivity contribution in [3.63, 3.8) is 0 Å². The number of methoxy groups -OCH3 is 1. The highest BCUT2D eigenvalue weighted by atomic mass is 35.5. The van der Waals surface area contributed by atoms with Crippen LogP contribution in [0.15, 0.2) is 63.8 Å². The molecule has 0 fully saturated rings. The first-order chi connectivity index (χ1) is 16.5. The predicted molar refractivity (Wildman–Crippen MR) is 132 cm³/mol. The van der Waals surface area contributed by atoms with Crippen molar-refractivity contribution in [3.8, 4) is 5.75 Å². The summed E-state index contributed by atoms with van der Waals surface area (Å²) in [6.07, 6.45) is 6.46. The van der Waals surface area contributed by atoms with Gasteiger partial charge in [0.25, 0.3) is 5.56 Å². The summed E-state index contributed by atoms with van der Waals surface area (Å²) in [5.41, 5.74) is 2.04. The van der Waals surface area contributed by atoms with Crippen molar-refractivity contribution >= 4 is 35.0 Å². The normalized spacial score (nSPS) is 15.6. The van der Waals surface area contributed by atoms with Crippen LogP contribution in [0.2, 0.25) is 5.02 Å². The Labute approximate surface area is 205 Å². The average Bonchev–Trinajstić information content (AvgIpc) is 3.13. The summed E-state index contributed by atoms with van der Waals surface area (Å²) in [7, 11) is 1.54. The lowest BCUT2D eigenvalue weighted by molar-refractivity contribution is -0.139. The topological polar surface area (TPSA) is 82.8 Å². The van der Waals surface area contributed by atoms with Crippen molar-refractivity contribution in [1.82, 2.24) is 9.55 Å². The minimum Gasteiger partial charge on any atom is -0.496 e. The quantitative estimate of drug-likeness (QED) is 0.465. The molecule has 0 bridgehead atoms. The monoisotopic (exact) mass is 497 g/mol. The van der Waals surface area contributed by atoms with E-state index in [9.17, 15) is 9.59 Å². The van der Waals surface area contributed by atoms with Gasteiger partial charge in [-0.3, -0.25) is 14.3 Å². The predicted octanol–water partition coefficient (Wildman–Crippen LogP) is 3.64. The molecule has 1 aliphatic rings. The first kappa shape index (κ1) is 23.9. The molecule has 1 aromatic carbocycles. The lowest BCUT2D eigenvalue weighted by Crippen LogP contribution is -2.40. The van der Waals surface area contributed by atoms with Gasteiger partial charge in [0.2, 0.25) is 0 Å². The van der Waals surface area contributed by atoms with E-state index in [1.54, 1.807) is 56.8 Å². The zero-order valence-corrected chi connectivity index (χ0v) is 20.7. The SMILES string of the molecule is CCCC1=C(C(=O)OCC)[C@@H](c2cc(Cl)ccc2OC)n2c(s/c(=C/c3cccnc3)c2=O)=N1. The number of carbonyl (C=O) groups is 1. The Kier molecular flexibility index (Phi) is 7.29. The van der Waals surface area contributed by atoms with Gasteiger partial charge in [-0.05, 0) is 49.2 Å². The second-order valence-corrected chi connectivity index (χ2v) is 9.03. The Bertz CT molecular complexity index is 1430. The number of ether oxygens (including phenoxy) is 2. The maximum Gasteiger partial charge on any atom is 0.338 e. The van der Waals surface area contributed by atoms with E-state index in [4.69, 9.17) is 26.1 Å². The van der Waals surface area contributed by atoms with Crippen LogP contribution in [0.25, 0.3) is 6.08 Å². The fourth-order valence-electron chi connectivity index (χ4n) is 3.95. The minimum atomic E-state index is -0.790. The molecule has 3 aromatic rings. The molecular formula is C25H24ClN3O4S. The highest BCUT2D eigenvalue weighted by Crippen LogP contribution is 2.38. The number of pyridine rings is 1. The number of hydrogen-bond donors (Lipinski definition) is 0. The third-order valence-electron chi connectivity index (χ3n) is 5.36. The molecule has 0 saturated heterocycles. The smallest absolute Gasteiger partial charge is 0.338 e. The fourth-order valence-corrected chi connectivity index (χ4v) is 5.15. The van der Waals surface area contributed by atoms with E-state index in [2.05, 4.69) is 4.98 Å². The molecule has 2 aromatic heterocycles. The third-order valence-corrected chi connectivity index (χ3v) is 6.58. The van der Waals surface area contributed by atoms with E-state index in [1.165, 1.54) is 15.9 Å². The van der Waals surface area contributed by atoms with Crippen molar-refractivity contribution in [1.29, 1.82) is 0 Å². The van der Waals surface area contributed by atoms with Gasteiger partial charge >= 0.3 is 5.97 Å². The lowest BCUT2D eigenvalue weighted by atomic mass is 9.93. The summed E-state index contributed by atoms with van der Waals surface area (Å²) in [4.78, 5) is 36.3. The molecule has 0 N–H and O–H groups in total. The van der Waals surface area contributed by atoms with E-state index >= 15 is 0 Å². The van der Waals surface area contributed by atoms with Crippen LogP contribution in [-0.4, -0.2) is 29.2 Å². The zero-order chi connectivity index (χ0) is 24.2. The summed E-state index contributed by atoms with van der Waals surface area (Å²) in [6.45, 7) is 3.96. The van der Waals surface area contributed by atoms with Crippen LogP contribution in [0.4, 0.5) is 0 Å². The van der Waals surface area contributed by atoms with Gasteiger partial charge in [0.1, 0.15) is 11.8 Å². The van der Waals surface area contributed by atoms with E-state index < -0.39 is 12.0 Å². The number of fused-ring (bicyclic) bond motifs is 1. The molecular weight excluding hydrogens is 474 g/mol. The van der Waals surface area contributed by atoms with Gasteiger partial charge in [-0.15, -0.1) is 0 Å². The first-order valence-electron chi connectivity index (χ1n) is 10.9. The molecule has 0 saturated carbocycles. The van der Waals surface area contributed by atoms with E-state index in [-0.39, 0.29) is 12.2 Å². The Morgan fingerprint density at radius 1 is 1.29 bits per heavy atom. The standard InChI is InChI=1S/C25H24ClN3O4S/c1-4-7-18-21(24(31)33-5-2)22(17-13-16(26)9-10-19(17)32-3)29-23(30)20(34-25(29)28-18)12-15-8-6-11-27-14-15/h6,8-14,22H,4-5,7H2,1-3H3/b20-12+/t22-/m1/s1. The summed E-state index contributed by atoms with van der Waals surface area (Å²) in [5.74, 6) is -0.000876. The Morgan fingerprint density at radius 2 is 2.12 bits per heavy atom. The lowest BCUT2D eigenvalue weighted by Gasteiger charge is -2.27. The number of carbonyl (C=O) groups excluding carboxylic acids is 1. The maximum atomic E-state index is 13.7. The van der Waals surface area contributed by atoms with Gasteiger partial charge < -0.3 is 9.47 Å². The summed E-state index contributed by atoms with van der Waals surface area (Å²) in [6, 6.07) is 8.04. The number of thiazole rings is 1. The number of halogens is 1. The van der Waals surface area contributed by atoms with Gasteiger partial charge in [0.05, 0.1) is 29.5 Å². The van der Waals surface area contributed by atoms with E-state index in [0.29, 0.717) is 43.4 Å². The van der Waals surface area contributed by atoms with Gasteiger partial charge in [-0.25, -0.2) is 9.79 Å². The van der Waals surface area contributed by atoms with Crippen LogP contribution in [0.3, 0.4) is 0 Å². The van der Waals surface area contributed by atoms with Gasteiger partial charge in [-0.1, -0.05) is 42.3 Å². The van der Waals surface area contributed by atoms with Crippen LogP contribution in [0.5, 0.6) is 5.75 Å². The van der Waals surface area contributed by atoms with Gasteiger partial charge in [-0.2, -0.15) is 0 Å². The van der Waals surface area contributed by atoms with Crippen molar-refractivity contribution in [3.05, 3.63) is 89.8 Å². The van der Waals surface area contributed by atoms with Crippen LogP contribution >= 0.6 is 22.9 Å². The molecule has 1 aliphatic heterocycles. The van der Waals surface area contributed by atoms with Crippen LogP contribution in [0, 0.1) is 0 Å². The molecule has 0 unspecified atom stereocenters. The summed E-state index contributed by atoms with van der Waals surface area (Å²) >= 11 is 7.62. The van der Waals surface area contributed by atoms with Crippen LogP contribution in [-0.2, 0) is 9.53 Å². The Balaban J connectivity index is 2.06. The Morgan fingerprint density at radius 3 is 2.79 bits per heavy atom. The second kappa shape index (κ2) is 10.4. The number of allylic oxidation sites excluding steroid dienone is 1. The van der Waals surface area contributed by atoms with Crippen LogP contribution in [0.1, 0.15) is 43.9 Å². The number of esters is 1. The molecule has 0 spiro atoms. The molecule has 9 heteroatoms. The second-order valence-electron chi connectivity index (χ2n) is 7.59. The molecule has 176 valence electrons. The van der Waals surface area contributed by atoms with Crippen molar-refractivity contribution in [2.75, 3.05) is 13.7 Å². The summed E-state index contributed by atoms with van der Waals surface area (Å²) in [5, 5.41) is 0.463. The van der Waals surface area contributed by atoms with Crippen molar-refractivity contribution in [2.45, 2.75) is 32.7 Å². The maximum absolute atomic E-state index is 13.7. The molecule has 34 heavy (non-hydrogen) atoms. The Hall–Kier alpha value is -3.23. The largest absolute Gasteiger partial charge is 0.496 e. The zero-order valence-electron chi connectivity index (χ0n) is 19.1. The van der Waals surface area contributed by atoms with Gasteiger partial charge in [0, 0.05) is 23.0 Å². The molecule has 0 aliphatic carbocycles. The molecule has 1 atom stereocenters. The molecule has 0 amide bonds. The number of hydrogen-bond acceptors (Lipinski definition) is 7. The number of benzene rings is 1.